The fraction of sp³-hybridized carbons (Fsp3) is 0.300. The zero-order valence-electron chi connectivity index (χ0n) is 7.92. The van der Waals surface area contributed by atoms with Crippen LogP contribution in [0.15, 0.2) is 18.2 Å². The molecule has 0 spiro atoms. The molecule has 1 aromatic carbocycles. The van der Waals surface area contributed by atoms with Gasteiger partial charge < -0.3 is 10.5 Å². The molecule has 4 heteroatoms. The van der Waals surface area contributed by atoms with E-state index in [1.807, 2.05) is 18.2 Å². The van der Waals surface area contributed by atoms with E-state index in [1.165, 1.54) is 0 Å². The van der Waals surface area contributed by atoms with Gasteiger partial charge in [-0.25, -0.2) is 0 Å². The Morgan fingerprint density at radius 3 is 2.93 bits per heavy atom. The van der Waals surface area contributed by atoms with Crippen LogP contribution in [0, 0.1) is 3.57 Å². The van der Waals surface area contributed by atoms with Crippen LogP contribution in [0.3, 0.4) is 0 Å². The highest BCUT2D eigenvalue weighted by atomic mass is 127. The summed E-state index contributed by atoms with van der Waals surface area (Å²) in [5.74, 6) is -0.235. The van der Waals surface area contributed by atoms with Gasteiger partial charge in [0.25, 0.3) is 0 Å². The topological polar surface area (TPSA) is 52.3 Å². The second kappa shape index (κ2) is 5.19. The van der Waals surface area contributed by atoms with Crippen LogP contribution in [0.4, 0.5) is 5.69 Å². The molecule has 0 heterocycles. The summed E-state index contributed by atoms with van der Waals surface area (Å²) in [6.07, 6.45) is 0.247. The zero-order valence-corrected chi connectivity index (χ0v) is 10.1. The second-order valence-corrected chi connectivity index (χ2v) is 3.96. The second-order valence-electron chi connectivity index (χ2n) is 2.79. The number of carbonyl (C=O) groups excluding carboxylic acids is 1. The van der Waals surface area contributed by atoms with Gasteiger partial charge in [0.1, 0.15) is 0 Å². The number of benzene rings is 1. The number of anilines is 1. The van der Waals surface area contributed by atoms with E-state index >= 15 is 0 Å². The third kappa shape index (κ3) is 2.87. The SMILES string of the molecule is CCOC(=O)Cc1cccc(I)c1N. The van der Waals surface area contributed by atoms with Crippen molar-refractivity contribution in [1.82, 2.24) is 0 Å². The maximum atomic E-state index is 11.2. The van der Waals surface area contributed by atoms with Gasteiger partial charge in [-0.1, -0.05) is 12.1 Å². The van der Waals surface area contributed by atoms with Crippen LogP contribution in [0.25, 0.3) is 0 Å². The van der Waals surface area contributed by atoms with Crippen molar-refractivity contribution in [3.8, 4) is 0 Å². The van der Waals surface area contributed by atoms with E-state index in [-0.39, 0.29) is 12.4 Å². The van der Waals surface area contributed by atoms with E-state index in [9.17, 15) is 4.79 Å². The van der Waals surface area contributed by atoms with Crippen molar-refractivity contribution < 1.29 is 9.53 Å². The van der Waals surface area contributed by atoms with Gasteiger partial charge in [-0.2, -0.15) is 0 Å². The summed E-state index contributed by atoms with van der Waals surface area (Å²) in [5.41, 5.74) is 7.31. The van der Waals surface area contributed by atoms with Crippen LogP contribution < -0.4 is 5.73 Å². The maximum Gasteiger partial charge on any atom is 0.310 e. The number of para-hydroxylation sites is 1. The Morgan fingerprint density at radius 2 is 2.29 bits per heavy atom. The normalized spacial score (nSPS) is 9.86. The molecule has 2 N–H and O–H groups in total. The molecule has 3 nitrogen and oxygen atoms in total. The first-order valence-corrected chi connectivity index (χ1v) is 5.41. The van der Waals surface area contributed by atoms with Gasteiger partial charge in [-0.05, 0) is 41.1 Å². The predicted octanol–water partition coefficient (Wildman–Crippen LogP) is 1.98. The smallest absolute Gasteiger partial charge is 0.310 e. The molecular weight excluding hydrogens is 293 g/mol. The fourth-order valence-electron chi connectivity index (χ4n) is 1.10. The van der Waals surface area contributed by atoms with Crippen molar-refractivity contribution in [2.24, 2.45) is 0 Å². The minimum Gasteiger partial charge on any atom is -0.466 e. The molecule has 0 radical (unpaired) electrons. The first-order chi connectivity index (χ1) is 6.65. The molecule has 0 aliphatic carbocycles. The molecule has 0 atom stereocenters. The van der Waals surface area contributed by atoms with Gasteiger partial charge >= 0.3 is 5.97 Å². The lowest BCUT2D eigenvalue weighted by Gasteiger charge is -2.06. The number of hydrogen-bond acceptors (Lipinski definition) is 3. The van der Waals surface area contributed by atoms with Gasteiger partial charge in [0.2, 0.25) is 0 Å². The molecule has 0 saturated carbocycles. The summed E-state index contributed by atoms with van der Waals surface area (Å²) in [5, 5.41) is 0. The monoisotopic (exact) mass is 305 g/mol. The van der Waals surface area contributed by atoms with Crippen LogP contribution in [-0.4, -0.2) is 12.6 Å². The van der Waals surface area contributed by atoms with Crippen molar-refractivity contribution >= 4 is 34.2 Å². The first kappa shape index (κ1) is 11.3. The Balaban J connectivity index is 2.76. The highest BCUT2D eigenvalue weighted by molar-refractivity contribution is 14.1. The summed E-state index contributed by atoms with van der Waals surface area (Å²) in [7, 11) is 0. The molecule has 0 amide bonds. The van der Waals surface area contributed by atoms with E-state index < -0.39 is 0 Å². The summed E-state index contributed by atoms with van der Waals surface area (Å²) in [4.78, 5) is 11.2. The Bertz CT molecular complexity index is 339. The van der Waals surface area contributed by atoms with E-state index in [1.54, 1.807) is 6.92 Å². The number of nitrogen functional groups attached to an aromatic ring is 1. The van der Waals surface area contributed by atoms with Crippen molar-refractivity contribution in [3.05, 3.63) is 27.3 Å². The lowest BCUT2D eigenvalue weighted by Crippen LogP contribution is -2.09. The maximum absolute atomic E-state index is 11.2. The molecule has 0 aliphatic rings. The van der Waals surface area contributed by atoms with Gasteiger partial charge in [-0.15, -0.1) is 0 Å². The third-order valence-electron chi connectivity index (χ3n) is 1.78. The molecule has 0 unspecified atom stereocenters. The van der Waals surface area contributed by atoms with Crippen molar-refractivity contribution in [1.29, 1.82) is 0 Å². The van der Waals surface area contributed by atoms with E-state index in [2.05, 4.69) is 22.6 Å². The molecule has 76 valence electrons. The molecule has 1 rings (SSSR count). The molecule has 0 fully saturated rings. The van der Waals surface area contributed by atoms with Gasteiger partial charge in [0.05, 0.1) is 13.0 Å². The van der Waals surface area contributed by atoms with Crippen LogP contribution >= 0.6 is 22.6 Å². The number of halogens is 1. The number of hydrogen-bond donors (Lipinski definition) is 1. The van der Waals surface area contributed by atoms with Gasteiger partial charge in [0.15, 0.2) is 0 Å². The summed E-state index contributed by atoms with van der Waals surface area (Å²) in [6.45, 7) is 2.19. The summed E-state index contributed by atoms with van der Waals surface area (Å²) >= 11 is 2.14. The fourth-order valence-corrected chi connectivity index (χ4v) is 1.66. The minimum atomic E-state index is -0.235. The summed E-state index contributed by atoms with van der Waals surface area (Å²) < 4.78 is 5.81. The summed E-state index contributed by atoms with van der Waals surface area (Å²) in [6, 6.07) is 5.63. The Labute approximate surface area is 96.8 Å². The lowest BCUT2D eigenvalue weighted by molar-refractivity contribution is -0.142. The Morgan fingerprint density at radius 1 is 1.57 bits per heavy atom. The number of rotatable bonds is 3. The lowest BCUT2D eigenvalue weighted by atomic mass is 10.1. The zero-order chi connectivity index (χ0) is 10.6. The number of carbonyl (C=O) groups is 1. The van der Waals surface area contributed by atoms with Crippen LogP contribution in [0.2, 0.25) is 0 Å². The number of ether oxygens (including phenoxy) is 1. The van der Waals surface area contributed by atoms with E-state index in [0.717, 1.165) is 9.13 Å². The Kier molecular flexibility index (Phi) is 4.19. The molecule has 0 bridgehead atoms. The van der Waals surface area contributed by atoms with Crippen molar-refractivity contribution in [3.63, 3.8) is 0 Å². The van der Waals surface area contributed by atoms with Crippen LogP contribution in [0.5, 0.6) is 0 Å². The quantitative estimate of drug-likeness (QED) is 0.528. The molecule has 0 saturated heterocycles. The average Bonchev–Trinajstić information content (AvgIpc) is 2.13. The highest BCUT2D eigenvalue weighted by Gasteiger charge is 2.08. The number of nitrogens with two attached hydrogens (primary N) is 1. The van der Waals surface area contributed by atoms with Gasteiger partial charge in [-0.3, -0.25) is 4.79 Å². The molecule has 0 aromatic heterocycles. The molecule has 0 aliphatic heterocycles. The number of esters is 1. The van der Waals surface area contributed by atoms with Crippen LogP contribution in [-0.2, 0) is 16.0 Å². The molecule has 1 aromatic rings. The standard InChI is InChI=1S/C10H12INO2/c1-2-14-9(13)6-7-4-3-5-8(11)10(7)12/h3-5H,2,6,12H2,1H3. The van der Waals surface area contributed by atoms with Crippen LogP contribution in [0.1, 0.15) is 12.5 Å². The molecule has 14 heavy (non-hydrogen) atoms. The minimum absolute atomic E-state index is 0.235. The third-order valence-corrected chi connectivity index (χ3v) is 2.72. The largest absolute Gasteiger partial charge is 0.466 e. The Hall–Kier alpha value is -0.780. The van der Waals surface area contributed by atoms with E-state index in [4.69, 9.17) is 10.5 Å². The highest BCUT2D eigenvalue weighted by Crippen LogP contribution is 2.19. The predicted molar refractivity (Wildman–Crippen MR) is 63.9 cm³/mol. The van der Waals surface area contributed by atoms with Crippen molar-refractivity contribution in [2.45, 2.75) is 13.3 Å². The first-order valence-electron chi connectivity index (χ1n) is 4.33. The molecular formula is C10H12INO2. The van der Waals surface area contributed by atoms with Crippen molar-refractivity contribution in [2.75, 3.05) is 12.3 Å². The average molecular weight is 305 g/mol. The van der Waals surface area contributed by atoms with Gasteiger partial charge in [0, 0.05) is 9.26 Å². The van der Waals surface area contributed by atoms with E-state index in [0.29, 0.717) is 12.3 Å².